The van der Waals surface area contributed by atoms with Crippen molar-refractivity contribution in [1.82, 2.24) is 10.3 Å². The van der Waals surface area contributed by atoms with Crippen LogP contribution >= 0.6 is 11.8 Å². The van der Waals surface area contributed by atoms with Gasteiger partial charge in [0.2, 0.25) is 0 Å². The maximum atomic E-state index is 13.3. The smallest absolute Gasteiger partial charge is 0.276 e. The molecule has 2 heterocycles. The van der Waals surface area contributed by atoms with Crippen molar-refractivity contribution in [1.29, 1.82) is 0 Å². The SMILES string of the molecule is CCN(CC)c1ccc([C@@H]2N=c3ccccc3=C3C(=O)NC(SCc4ccc(C)cc4)=NN32)cc1. The van der Waals surface area contributed by atoms with Crippen molar-refractivity contribution in [2.45, 2.75) is 32.7 Å². The van der Waals surface area contributed by atoms with Gasteiger partial charge in [-0.2, -0.15) is 0 Å². The van der Waals surface area contributed by atoms with Crippen LogP contribution in [0.5, 0.6) is 0 Å². The molecule has 0 bridgehead atoms. The minimum atomic E-state index is -0.410. The molecule has 0 saturated heterocycles. The number of fused-ring (bicyclic) bond motifs is 2. The molecule has 1 amide bonds. The number of para-hydroxylation sites is 1. The zero-order valence-electron chi connectivity index (χ0n) is 20.2. The molecular formula is C28H29N5OS. The van der Waals surface area contributed by atoms with Crippen LogP contribution in [-0.2, 0) is 10.5 Å². The number of aryl methyl sites for hydroxylation is 1. The molecule has 2 aliphatic heterocycles. The van der Waals surface area contributed by atoms with E-state index in [9.17, 15) is 4.79 Å². The highest BCUT2D eigenvalue weighted by atomic mass is 32.2. The molecule has 0 aromatic heterocycles. The summed E-state index contributed by atoms with van der Waals surface area (Å²) in [5.41, 5.74) is 5.12. The molecule has 2 aliphatic rings. The zero-order valence-corrected chi connectivity index (χ0v) is 21.0. The number of carbonyl (C=O) groups excluding carboxylic acids is 1. The molecule has 0 unspecified atom stereocenters. The van der Waals surface area contributed by atoms with Gasteiger partial charge in [-0.15, -0.1) is 5.10 Å². The Bertz CT molecular complexity index is 1380. The Labute approximate surface area is 210 Å². The van der Waals surface area contributed by atoms with E-state index in [4.69, 9.17) is 10.1 Å². The average Bonchev–Trinajstić information content (AvgIpc) is 2.89. The van der Waals surface area contributed by atoms with E-state index in [-0.39, 0.29) is 5.91 Å². The predicted molar refractivity (Wildman–Crippen MR) is 143 cm³/mol. The van der Waals surface area contributed by atoms with E-state index in [1.54, 1.807) is 5.01 Å². The number of amides is 1. The van der Waals surface area contributed by atoms with Crippen LogP contribution in [0.3, 0.4) is 0 Å². The van der Waals surface area contributed by atoms with Crippen molar-refractivity contribution in [2.75, 3.05) is 18.0 Å². The molecule has 6 nitrogen and oxygen atoms in total. The molecule has 0 fully saturated rings. The largest absolute Gasteiger partial charge is 0.372 e. The highest BCUT2D eigenvalue weighted by Crippen LogP contribution is 2.32. The number of hydrogen-bond acceptors (Lipinski definition) is 6. The highest BCUT2D eigenvalue weighted by molar-refractivity contribution is 8.13. The molecule has 0 aliphatic carbocycles. The van der Waals surface area contributed by atoms with Gasteiger partial charge < -0.3 is 4.90 Å². The number of nitrogens with one attached hydrogen (secondary N) is 1. The average molecular weight is 484 g/mol. The summed E-state index contributed by atoms with van der Waals surface area (Å²) in [6.07, 6.45) is -0.410. The van der Waals surface area contributed by atoms with Crippen LogP contribution in [-0.4, -0.2) is 29.2 Å². The summed E-state index contributed by atoms with van der Waals surface area (Å²) in [5.74, 6) is 0.568. The van der Waals surface area contributed by atoms with Gasteiger partial charge in [0.15, 0.2) is 11.3 Å². The summed E-state index contributed by atoms with van der Waals surface area (Å²) in [6, 6.07) is 24.6. The fraction of sp³-hybridized carbons (Fsp3) is 0.250. The van der Waals surface area contributed by atoms with E-state index in [1.807, 2.05) is 24.3 Å². The summed E-state index contributed by atoms with van der Waals surface area (Å²) in [6.45, 7) is 8.29. The van der Waals surface area contributed by atoms with E-state index in [1.165, 1.54) is 28.6 Å². The number of hydrazone groups is 1. The lowest BCUT2D eigenvalue weighted by atomic mass is 10.1. The van der Waals surface area contributed by atoms with E-state index in [0.717, 1.165) is 35.0 Å². The van der Waals surface area contributed by atoms with Gasteiger partial charge in [-0.3, -0.25) is 15.1 Å². The first-order valence-electron chi connectivity index (χ1n) is 12.0. The van der Waals surface area contributed by atoms with Crippen molar-refractivity contribution in [2.24, 2.45) is 10.1 Å². The van der Waals surface area contributed by atoms with Gasteiger partial charge in [-0.25, -0.2) is 5.01 Å². The Hall–Kier alpha value is -3.58. The summed E-state index contributed by atoms with van der Waals surface area (Å²) in [4.78, 5) is 20.6. The fourth-order valence-corrected chi connectivity index (χ4v) is 5.20. The van der Waals surface area contributed by atoms with E-state index >= 15 is 0 Å². The van der Waals surface area contributed by atoms with Crippen LogP contribution in [0.25, 0.3) is 5.70 Å². The quantitative estimate of drug-likeness (QED) is 0.577. The second-order valence-electron chi connectivity index (χ2n) is 8.61. The molecule has 7 heteroatoms. The minimum absolute atomic E-state index is 0.154. The standard InChI is InChI=1S/C28H29N5OS/c1-4-32(5-2)22-16-14-21(15-17-22)26-29-24-9-7-6-8-23(24)25-27(34)30-28(31-33(25)26)35-18-20-12-10-19(3)11-13-20/h6-17,26H,4-5,18H2,1-3H3,(H,30,31,34)/t26-/m1/s1. The van der Waals surface area contributed by atoms with Crippen LogP contribution in [0, 0.1) is 6.92 Å². The zero-order chi connectivity index (χ0) is 24.4. The monoisotopic (exact) mass is 483 g/mol. The van der Waals surface area contributed by atoms with Gasteiger partial charge in [0.25, 0.3) is 5.91 Å². The fourth-order valence-electron chi connectivity index (χ4n) is 4.39. The number of amidine groups is 1. The number of nitrogens with zero attached hydrogens (tertiary/aromatic N) is 4. The van der Waals surface area contributed by atoms with Gasteiger partial charge in [0.1, 0.15) is 5.70 Å². The molecular weight excluding hydrogens is 454 g/mol. The second kappa shape index (κ2) is 9.96. The third kappa shape index (κ3) is 4.68. The molecule has 0 radical (unpaired) electrons. The first kappa shape index (κ1) is 23.2. The highest BCUT2D eigenvalue weighted by Gasteiger charge is 2.34. The lowest BCUT2D eigenvalue weighted by Gasteiger charge is -2.34. The Morgan fingerprint density at radius 1 is 0.971 bits per heavy atom. The van der Waals surface area contributed by atoms with Crippen molar-refractivity contribution in [3.05, 3.63) is 100 Å². The first-order chi connectivity index (χ1) is 17.1. The first-order valence-corrected chi connectivity index (χ1v) is 13.0. The lowest BCUT2D eigenvalue weighted by Crippen LogP contribution is -2.50. The Morgan fingerprint density at radius 3 is 2.40 bits per heavy atom. The van der Waals surface area contributed by atoms with Crippen LogP contribution in [0.4, 0.5) is 5.69 Å². The minimum Gasteiger partial charge on any atom is -0.372 e. The van der Waals surface area contributed by atoms with E-state index < -0.39 is 6.17 Å². The van der Waals surface area contributed by atoms with E-state index in [2.05, 4.69) is 79.5 Å². The summed E-state index contributed by atoms with van der Waals surface area (Å²) >= 11 is 1.52. The predicted octanol–water partition coefficient (Wildman–Crippen LogP) is 3.92. The number of thioether (sulfide) groups is 1. The van der Waals surface area contributed by atoms with Gasteiger partial charge in [0, 0.05) is 29.7 Å². The number of rotatable bonds is 6. The topological polar surface area (TPSA) is 60.3 Å². The van der Waals surface area contributed by atoms with Crippen molar-refractivity contribution in [3.63, 3.8) is 0 Å². The van der Waals surface area contributed by atoms with Gasteiger partial charge in [-0.05, 0) is 50.1 Å². The molecule has 3 aromatic carbocycles. The van der Waals surface area contributed by atoms with Crippen LogP contribution in [0.15, 0.2) is 82.9 Å². The Kier molecular flexibility index (Phi) is 6.59. The molecule has 35 heavy (non-hydrogen) atoms. The normalized spacial score (nSPS) is 16.6. The van der Waals surface area contributed by atoms with Gasteiger partial charge >= 0.3 is 0 Å². The number of benzene rings is 3. The number of anilines is 1. The third-order valence-corrected chi connectivity index (χ3v) is 7.27. The van der Waals surface area contributed by atoms with Gasteiger partial charge in [-0.1, -0.05) is 71.9 Å². The van der Waals surface area contributed by atoms with Crippen LogP contribution in [0.1, 0.15) is 36.7 Å². The molecule has 3 aromatic rings. The maximum absolute atomic E-state index is 13.3. The second-order valence-corrected chi connectivity index (χ2v) is 9.57. The molecule has 1 atom stereocenters. The molecule has 178 valence electrons. The number of hydrogen-bond donors (Lipinski definition) is 1. The summed E-state index contributed by atoms with van der Waals surface area (Å²) in [5, 5.41) is 11.8. The molecule has 0 saturated carbocycles. The lowest BCUT2D eigenvalue weighted by molar-refractivity contribution is -0.116. The molecule has 0 spiro atoms. The third-order valence-electron chi connectivity index (χ3n) is 6.33. The molecule has 1 N–H and O–H groups in total. The van der Waals surface area contributed by atoms with Crippen molar-refractivity contribution in [3.8, 4) is 0 Å². The van der Waals surface area contributed by atoms with Crippen molar-refractivity contribution < 1.29 is 4.79 Å². The summed E-state index contributed by atoms with van der Waals surface area (Å²) in [7, 11) is 0. The molecule has 5 rings (SSSR count). The van der Waals surface area contributed by atoms with Crippen molar-refractivity contribution >= 4 is 34.2 Å². The van der Waals surface area contributed by atoms with Crippen LogP contribution in [0.2, 0.25) is 0 Å². The van der Waals surface area contributed by atoms with Crippen LogP contribution < -0.4 is 20.8 Å². The Morgan fingerprint density at radius 2 is 1.69 bits per heavy atom. The number of carbonyl (C=O) groups is 1. The summed E-state index contributed by atoms with van der Waals surface area (Å²) < 4.78 is 0. The Balaban J connectivity index is 1.51. The van der Waals surface area contributed by atoms with E-state index in [0.29, 0.717) is 10.9 Å². The van der Waals surface area contributed by atoms with Gasteiger partial charge in [0.05, 0.1) is 5.36 Å². The maximum Gasteiger partial charge on any atom is 0.276 e.